The first-order valence-corrected chi connectivity index (χ1v) is 6.27. The van der Waals surface area contributed by atoms with E-state index in [1.165, 1.54) is 7.11 Å². The third-order valence-corrected chi connectivity index (χ3v) is 3.06. The molecule has 1 aliphatic heterocycles. The van der Waals surface area contributed by atoms with Crippen LogP contribution < -0.4 is 5.32 Å². The molecular weight excluding hydrogens is 218 g/mol. The molecule has 0 radical (unpaired) electrons. The van der Waals surface area contributed by atoms with Gasteiger partial charge in [-0.15, -0.1) is 0 Å². The first-order chi connectivity index (χ1) is 8.02. The number of likely N-dealkylation sites (N-methyl/N-ethyl adjacent to an activating group) is 1. The highest BCUT2D eigenvalue weighted by Gasteiger charge is 2.24. The number of rotatable bonds is 5. The molecule has 5 heteroatoms. The molecule has 5 nitrogen and oxygen atoms in total. The van der Waals surface area contributed by atoms with Gasteiger partial charge in [0.05, 0.1) is 7.11 Å². The summed E-state index contributed by atoms with van der Waals surface area (Å²) in [4.78, 5) is 16.3. The van der Waals surface area contributed by atoms with Crippen molar-refractivity contribution in [3.05, 3.63) is 0 Å². The lowest BCUT2D eigenvalue weighted by Crippen LogP contribution is -2.53. The normalized spacial score (nSPS) is 20.5. The Balaban J connectivity index is 2.45. The van der Waals surface area contributed by atoms with E-state index in [0.717, 1.165) is 32.7 Å². The second-order valence-corrected chi connectivity index (χ2v) is 5.00. The molecule has 0 saturated carbocycles. The van der Waals surface area contributed by atoms with Gasteiger partial charge in [-0.2, -0.15) is 0 Å². The quantitative estimate of drug-likeness (QED) is 0.676. The van der Waals surface area contributed by atoms with Gasteiger partial charge in [0.15, 0.2) is 0 Å². The van der Waals surface area contributed by atoms with Gasteiger partial charge < -0.3 is 15.0 Å². The molecule has 0 amide bonds. The number of hydrogen-bond donors (Lipinski definition) is 1. The van der Waals surface area contributed by atoms with Crippen LogP contribution in [0.15, 0.2) is 0 Å². The number of carbonyl (C=O) groups is 1. The van der Waals surface area contributed by atoms with E-state index in [1.54, 1.807) is 0 Å². The van der Waals surface area contributed by atoms with E-state index in [1.807, 2.05) is 13.8 Å². The fraction of sp³-hybridized carbons (Fsp3) is 0.917. The largest absolute Gasteiger partial charge is 0.468 e. The van der Waals surface area contributed by atoms with E-state index in [-0.39, 0.29) is 18.1 Å². The molecule has 0 spiro atoms. The number of hydrogen-bond acceptors (Lipinski definition) is 5. The van der Waals surface area contributed by atoms with E-state index in [2.05, 4.69) is 22.2 Å². The predicted octanol–water partition coefficient (Wildman–Crippen LogP) is -0.227. The molecule has 1 aliphatic rings. The summed E-state index contributed by atoms with van der Waals surface area (Å²) in [6.45, 7) is 8.98. The summed E-state index contributed by atoms with van der Waals surface area (Å²) in [5, 5.41) is 3.26. The number of nitrogens with zero attached hydrogens (tertiary/aromatic N) is 2. The molecule has 0 aromatic carbocycles. The van der Waals surface area contributed by atoms with Crippen LogP contribution in [0.5, 0.6) is 0 Å². The first-order valence-electron chi connectivity index (χ1n) is 6.27. The summed E-state index contributed by atoms with van der Waals surface area (Å²) in [7, 11) is 3.57. The van der Waals surface area contributed by atoms with Crippen molar-refractivity contribution < 1.29 is 9.53 Å². The van der Waals surface area contributed by atoms with Gasteiger partial charge in [-0.25, -0.2) is 0 Å². The molecule has 1 fully saturated rings. The van der Waals surface area contributed by atoms with Gasteiger partial charge in [-0.05, 0) is 7.05 Å². The maximum absolute atomic E-state index is 11.7. The molecule has 1 rings (SSSR count). The molecule has 0 aliphatic carbocycles. The molecule has 100 valence electrons. The fourth-order valence-electron chi connectivity index (χ4n) is 2.03. The zero-order chi connectivity index (χ0) is 12.8. The highest BCUT2D eigenvalue weighted by Crippen LogP contribution is 2.02. The van der Waals surface area contributed by atoms with E-state index in [0.29, 0.717) is 0 Å². The van der Waals surface area contributed by atoms with Crippen molar-refractivity contribution in [1.82, 2.24) is 15.1 Å². The molecule has 1 heterocycles. The Morgan fingerprint density at radius 1 is 1.29 bits per heavy atom. The summed E-state index contributed by atoms with van der Waals surface area (Å²) in [5.41, 5.74) is 0. The first kappa shape index (κ1) is 14.4. The van der Waals surface area contributed by atoms with Crippen LogP contribution in [0.3, 0.4) is 0 Å². The topological polar surface area (TPSA) is 44.8 Å². The molecule has 0 aromatic rings. The number of esters is 1. The average Bonchev–Trinajstić information content (AvgIpc) is 2.29. The van der Waals surface area contributed by atoms with E-state index in [4.69, 9.17) is 4.74 Å². The maximum Gasteiger partial charge on any atom is 0.324 e. The minimum atomic E-state index is -0.219. The third-order valence-electron chi connectivity index (χ3n) is 3.06. The maximum atomic E-state index is 11.7. The van der Waals surface area contributed by atoms with E-state index in [9.17, 15) is 4.79 Å². The number of nitrogens with one attached hydrogen (secondary N) is 1. The van der Waals surface area contributed by atoms with Crippen molar-refractivity contribution in [2.24, 2.45) is 0 Å². The number of methoxy groups -OCH3 is 1. The predicted molar refractivity (Wildman–Crippen MR) is 68.0 cm³/mol. The van der Waals surface area contributed by atoms with Crippen LogP contribution in [0, 0.1) is 0 Å². The van der Waals surface area contributed by atoms with E-state index < -0.39 is 0 Å². The Kier molecular flexibility index (Phi) is 5.88. The van der Waals surface area contributed by atoms with Crippen LogP contribution in [0.1, 0.15) is 13.8 Å². The average molecular weight is 243 g/mol. The number of ether oxygens (including phenoxy) is 1. The fourth-order valence-corrected chi connectivity index (χ4v) is 2.03. The molecule has 0 bridgehead atoms. The monoisotopic (exact) mass is 243 g/mol. The van der Waals surface area contributed by atoms with E-state index >= 15 is 0 Å². The lowest BCUT2D eigenvalue weighted by Gasteiger charge is -2.34. The molecule has 0 aromatic heterocycles. The Hall–Kier alpha value is -0.650. The summed E-state index contributed by atoms with van der Waals surface area (Å²) >= 11 is 0. The van der Waals surface area contributed by atoms with Gasteiger partial charge in [0.1, 0.15) is 6.04 Å². The Labute approximate surface area is 104 Å². The molecule has 1 N–H and O–H groups in total. The number of piperazine rings is 1. The lowest BCUT2D eigenvalue weighted by molar-refractivity contribution is -0.144. The highest BCUT2D eigenvalue weighted by molar-refractivity contribution is 5.76. The number of carbonyl (C=O) groups excluding carboxylic acids is 1. The molecular formula is C12H25N3O2. The van der Waals surface area contributed by atoms with Gasteiger partial charge in [-0.1, -0.05) is 13.8 Å². The Bertz CT molecular complexity index is 238. The van der Waals surface area contributed by atoms with Crippen molar-refractivity contribution in [3.8, 4) is 0 Å². The van der Waals surface area contributed by atoms with Crippen LogP contribution in [0.4, 0.5) is 0 Å². The summed E-state index contributed by atoms with van der Waals surface area (Å²) in [5.74, 6) is -0.169. The Morgan fingerprint density at radius 3 is 2.35 bits per heavy atom. The van der Waals surface area contributed by atoms with Gasteiger partial charge in [-0.3, -0.25) is 9.69 Å². The molecule has 17 heavy (non-hydrogen) atoms. The standard InChI is InChI=1S/C12H25N3O2/c1-10(2)13-11(12(16)17-4)9-15-7-5-14(3)6-8-15/h10-11,13H,5-9H2,1-4H3. The smallest absolute Gasteiger partial charge is 0.324 e. The van der Waals surface area contributed by atoms with Crippen LogP contribution in [-0.4, -0.2) is 74.7 Å². The van der Waals surface area contributed by atoms with Crippen molar-refractivity contribution in [3.63, 3.8) is 0 Å². The molecule has 1 atom stereocenters. The van der Waals surface area contributed by atoms with Gasteiger partial charge >= 0.3 is 5.97 Å². The van der Waals surface area contributed by atoms with Crippen molar-refractivity contribution in [2.75, 3.05) is 46.9 Å². The third kappa shape index (κ3) is 5.02. The van der Waals surface area contributed by atoms with Crippen LogP contribution >= 0.6 is 0 Å². The van der Waals surface area contributed by atoms with Crippen LogP contribution in [-0.2, 0) is 9.53 Å². The summed E-state index contributed by atoms with van der Waals surface area (Å²) < 4.78 is 4.84. The minimum absolute atomic E-state index is 0.169. The van der Waals surface area contributed by atoms with Crippen LogP contribution in [0.25, 0.3) is 0 Å². The summed E-state index contributed by atoms with van der Waals surface area (Å²) in [6, 6.07) is 0.0648. The van der Waals surface area contributed by atoms with Gasteiger partial charge in [0.2, 0.25) is 0 Å². The second-order valence-electron chi connectivity index (χ2n) is 5.00. The van der Waals surface area contributed by atoms with Gasteiger partial charge in [0.25, 0.3) is 0 Å². The van der Waals surface area contributed by atoms with Crippen molar-refractivity contribution in [2.45, 2.75) is 25.9 Å². The molecule has 1 saturated heterocycles. The van der Waals surface area contributed by atoms with Crippen molar-refractivity contribution >= 4 is 5.97 Å². The van der Waals surface area contributed by atoms with Gasteiger partial charge in [0, 0.05) is 38.8 Å². The minimum Gasteiger partial charge on any atom is -0.468 e. The Morgan fingerprint density at radius 2 is 1.88 bits per heavy atom. The van der Waals surface area contributed by atoms with Crippen LogP contribution in [0.2, 0.25) is 0 Å². The highest BCUT2D eigenvalue weighted by atomic mass is 16.5. The zero-order valence-corrected chi connectivity index (χ0v) is 11.4. The SMILES string of the molecule is COC(=O)C(CN1CCN(C)CC1)NC(C)C. The van der Waals surface area contributed by atoms with Crippen molar-refractivity contribution in [1.29, 1.82) is 0 Å². The second kappa shape index (κ2) is 6.93. The molecule has 1 unspecified atom stereocenters. The summed E-state index contributed by atoms with van der Waals surface area (Å²) in [6.07, 6.45) is 0. The lowest BCUT2D eigenvalue weighted by atomic mass is 10.2. The zero-order valence-electron chi connectivity index (χ0n) is 11.4.